The Labute approximate surface area is 366 Å². The van der Waals surface area contributed by atoms with Gasteiger partial charge in [-0.3, -0.25) is 18.7 Å². The average molecular weight is 887 g/mol. The number of aromatic nitrogens is 6. The lowest BCUT2D eigenvalue weighted by atomic mass is 10.1. The first-order chi connectivity index (χ1) is 31.2. The Kier molecular flexibility index (Phi) is 13.4. The minimum atomic E-state index is -1.01. The Morgan fingerprint density at radius 3 is 1.35 bits per heavy atom. The van der Waals surface area contributed by atoms with Crippen molar-refractivity contribution in [3.63, 3.8) is 0 Å². The van der Waals surface area contributed by atoms with E-state index in [-0.39, 0.29) is 65.1 Å². The number of rotatable bonds is 12. The number of carboxylic acids is 1. The summed E-state index contributed by atoms with van der Waals surface area (Å²) in [5, 5.41) is 16.4. The van der Waals surface area contributed by atoms with Gasteiger partial charge in [-0.25, -0.2) is 37.1 Å². The summed E-state index contributed by atoms with van der Waals surface area (Å²) >= 11 is 0. The predicted octanol–water partition coefficient (Wildman–Crippen LogP) is 8.07. The summed E-state index contributed by atoms with van der Waals surface area (Å²) in [4.78, 5) is 65.0. The minimum absolute atomic E-state index is 0.173. The van der Waals surface area contributed by atoms with Crippen LogP contribution in [-0.2, 0) is 17.8 Å². The van der Waals surface area contributed by atoms with Crippen LogP contribution >= 0.6 is 0 Å². The highest BCUT2D eigenvalue weighted by molar-refractivity contribution is 5.89. The van der Waals surface area contributed by atoms with Crippen LogP contribution in [0.2, 0.25) is 0 Å². The van der Waals surface area contributed by atoms with Crippen LogP contribution in [0.15, 0.2) is 131 Å². The van der Waals surface area contributed by atoms with Gasteiger partial charge in [-0.15, -0.1) is 0 Å². The number of hydrogen-bond donors (Lipinski definition) is 3. The van der Waals surface area contributed by atoms with Crippen molar-refractivity contribution in [1.29, 1.82) is 0 Å². The Bertz CT molecular complexity index is 3140. The normalized spacial score (nSPS) is 11.9. The number of carbonyl (C=O) groups excluding carboxylic acids is 1. The molecule has 8 aromatic rings. The number of nitrogens with zero attached hydrogens (tertiary/aromatic N) is 6. The Morgan fingerprint density at radius 1 is 0.600 bits per heavy atom. The number of anilines is 2. The fourth-order valence-electron chi connectivity index (χ4n) is 6.76. The van der Waals surface area contributed by atoms with Gasteiger partial charge in [-0.05, 0) is 85.6 Å². The van der Waals surface area contributed by atoms with Crippen LogP contribution < -0.4 is 21.8 Å². The molecule has 330 valence electrons. The third-order valence-electron chi connectivity index (χ3n) is 10.4. The van der Waals surface area contributed by atoms with E-state index in [2.05, 4.69) is 30.6 Å². The van der Waals surface area contributed by atoms with Crippen molar-refractivity contribution >= 4 is 45.9 Å². The molecule has 0 spiro atoms. The standard InChI is InChI=1S/C24H20F2N4O3.C23H18F2N4O3/c1-14(15-6-8-16(9-7-15)23(32)33-2)28-24-27-12-17-10-11-21(31)30(22(17)29-24)13-18-19(25)4-3-5-20(18)26;1-13(14-5-7-15(8-6-14)22(31)32)27-23-26-11-16-9-10-20(30)29(21(16)28-23)12-17-18(24)3-2-4-19(17)25/h3-12,14H,13H2,1-2H3,(H,27,28,29);2-11,13H,12H2,1H3,(H,31,32)(H,26,27,28)/t14-;13-/m00/s1. The number of carbonyl (C=O) groups is 2. The molecule has 0 saturated carbocycles. The minimum Gasteiger partial charge on any atom is -0.478 e. The number of benzene rings is 4. The first-order valence-electron chi connectivity index (χ1n) is 19.8. The second-order valence-electron chi connectivity index (χ2n) is 14.6. The number of methoxy groups -OCH3 is 1. The number of aromatic carboxylic acids is 1. The van der Waals surface area contributed by atoms with Gasteiger partial charge >= 0.3 is 11.9 Å². The molecule has 14 nitrogen and oxygen atoms in total. The van der Waals surface area contributed by atoms with E-state index < -0.39 is 46.3 Å². The molecule has 0 radical (unpaired) electrons. The van der Waals surface area contributed by atoms with E-state index >= 15 is 0 Å². The van der Waals surface area contributed by atoms with Gasteiger partial charge in [-0.1, -0.05) is 36.4 Å². The summed E-state index contributed by atoms with van der Waals surface area (Å²) in [5.41, 5.74) is 1.39. The van der Waals surface area contributed by atoms with Crippen molar-refractivity contribution in [2.75, 3.05) is 17.7 Å². The predicted molar refractivity (Wildman–Crippen MR) is 234 cm³/mol. The van der Waals surface area contributed by atoms with E-state index in [0.717, 1.165) is 35.4 Å². The monoisotopic (exact) mass is 886 g/mol. The molecule has 65 heavy (non-hydrogen) atoms. The number of hydrogen-bond acceptors (Lipinski definition) is 11. The van der Waals surface area contributed by atoms with Crippen molar-refractivity contribution in [1.82, 2.24) is 29.1 Å². The van der Waals surface area contributed by atoms with Gasteiger partial charge < -0.3 is 20.5 Å². The molecule has 0 fully saturated rings. The average Bonchev–Trinajstić information content (AvgIpc) is 3.30. The zero-order valence-electron chi connectivity index (χ0n) is 34.8. The molecule has 18 heteroatoms. The van der Waals surface area contributed by atoms with Gasteiger partial charge in [0, 0.05) is 46.4 Å². The highest BCUT2D eigenvalue weighted by atomic mass is 19.1. The van der Waals surface area contributed by atoms with Crippen molar-refractivity contribution < 1.29 is 37.0 Å². The molecule has 2 atom stereocenters. The van der Waals surface area contributed by atoms with Gasteiger partial charge in [-0.2, -0.15) is 9.97 Å². The smallest absolute Gasteiger partial charge is 0.337 e. The summed E-state index contributed by atoms with van der Waals surface area (Å²) in [6.45, 7) is 3.09. The van der Waals surface area contributed by atoms with Crippen molar-refractivity contribution in [3.8, 4) is 0 Å². The van der Waals surface area contributed by atoms with E-state index in [4.69, 9.17) is 9.84 Å². The third kappa shape index (κ3) is 10.2. The molecule has 4 aromatic carbocycles. The second kappa shape index (κ2) is 19.4. The first-order valence-corrected chi connectivity index (χ1v) is 19.8. The molecular formula is C47H38F4N8O6. The molecule has 8 rings (SSSR count). The lowest BCUT2D eigenvalue weighted by Crippen LogP contribution is -2.22. The van der Waals surface area contributed by atoms with Crippen LogP contribution in [0.4, 0.5) is 29.5 Å². The van der Waals surface area contributed by atoms with Gasteiger partial charge in [0.25, 0.3) is 11.1 Å². The summed E-state index contributed by atoms with van der Waals surface area (Å²) < 4.78 is 63.8. The van der Waals surface area contributed by atoms with Crippen LogP contribution in [0, 0.1) is 23.3 Å². The highest BCUT2D eigenvalue weighted by Crippen LogP contribution is 2.23. The second-order valence-corrected chi connectivity index (χ2v) is 14.6. The van der Waals surface area contributed by atoms with Crippen LogP contribution in [0.1, 0.15) is 68.9 Å². The van der Waals surface area contributed by atoms with E-state index in [1.807, 2.05) is 13.8 Å². The van der Waals surface area contributed by atoms with Crippen LogP contribution in [0.25, 0.3) is 22.1 Å². The maximum absolute atomic E-state index is 14.2. The van der Waals surface area contributed by atoms with Gasteiger partial charge in [0.15, 0.2) is 0 Å². The SMILES string of the molecule is COC(=O)c1ccc([C@H](C)Nc2ncc3ccc(=O)n(Cc4c(F)cccc4F)c3n2)cc1.C[C@H](Nc1ncc2ccc(=O)n(Cc3c(F)cccc3F)c2n1)c1ccc(C(=O)O)cc1. The molecule has 4 heterocycles. The molecule has 0 amide bonds. The number of halogens is 4. The number of nitrogens with one attached hydrogen (secondary N) is 2. The molecule has 0 aliphatic carbocycles. The van der Waals surface area contributed by atoms with Gasteiger partial charge in [0.05, 0.1) is 43.4 Å². The zero-order chi connectivity index (χ0) is 46.4. The number of fused-ring (bicyclic) bond motifs is 2. The van der Waals surface area contributed by atoms with Crippen molar-refractivity contribution in [2.45, 2.75) is 39.0 Å². The molecule has 3 N–H and O–H groups in total. The van der Waals surface area contributed by atoms with E-state index in [9.17, 15) is 36.7 Å². The first kappa shape index (κ1) is 44.8. The molecular weight excluding hydrogens is 849 g/mol. The largest absolute Gasteiger partial charge is 0.478 e. The summed E-state index contributed by atoms with van der Waals surface area (Å²) in [7, 11) is 1.32. The number of esters is 1. The molecule has 0 aliphatic heterocycles. The number of carboxylic acid groups (broad SMARTS) is 1. The van der Waals surface area contributed by atoms with E-state index in [1.54, 1.807) is 48.5 Å². The van der Waals surface area contributed by atoms with E-state index in [1.165, 1.54) is 65.0 Å². The van der Waals surface area contributed by atoms with Crippen LogP contribution in [-0.4, -0.2) is 53.2 Å². The molecule has 4 aromatic heterocycles. The molecule has 0 bridgehead atoms. The van der Waals surface area contributed by atoms with Gasteiger partial charge in [0.2, 0.25) is 11.9 Å². The van der Waals surface area contributed by atoms with Crippen molar-refractivity contribution in [2.24, 2.45) is 0 Å². The molecule has 0 unspecified atom stereocenters. The molecule has 0 aliphatic rings. The van der Waals surface area contributed by atoms with Crippen LogP contribution in [0.3, 0.4) is 0 Å². The number of pyridine rings is 2. The van der Waals surface area contributed by atoms with Crippen molar-refractivity contribution in [3.05, 3.63) is 199 Å². The topological polar surface area (TPSA) is 183 Å². The lowest BCUT2D eigenvalue weighted by molar-refractivity contribution is 0.0599. The fourth-order valence-corrected chi connectivity index (χ4v) is 6.76. The van der Waals surface area contributed by atoms with Gasteiger partial charge in [0.1, 0.15) is 34.6 Å². The maximum atomic E-state index is 14.2. The highest BCUT2D eigenvalue weighted by Gasteiger charge is 2.17. The lowest BCUT2D eigenvalue weighted by Gasteiger charge is -2.16. The summed E-state index contributed by atoms with van der Waals surface area (Å²) in [5.74, 6) is -3.98. The number of ether oxygens (including phenoxy) is 1. The molecule has 0 saturated heterocycles. The fraction of sp³-hybridized carbons (Fsp3) is 0.149. The Hall–Kier alpha value is -8.28. The summed E-state index contributed by atoms with van der Waals surface area (Å²) in [6.07, 6.45) is 3.05. The van der Waals surface area contributed by atoms with Crippen LogP contribution in [0.5, 0.6) is 0 Å². The quantitative estimate of drug-likeness (QED) is 0.0794. The third-order valence-corrected chi connectivity index (χ3v) is 10.4. The zero-order valence-corrected chi connectivity index (χ0v) is 34.8. The summed E-state index contributed by atoms with van der Waals surface area (Å²) in [6, 6.07) is 25.5. The Balaban J connectivity index is 0.000000194. The Morgan fingerprint density at radius 2 is 0.985 bits per heavy atom. The van der Waals surface area contributed by atoms with E-state index in [0.29, 0.717) is 16.3 Å². The maximum Gasteiger partial charge on any atom is 0.337 e.